The van der Waals surface area contributed by atoms with Gasteiger partial charge in [0.2, 0.25) is 5.88 Å². The maximum Gasteiger partial charge on any atom is 0.234 e. The van der Waals surface area contributed by atoms with E-state index in [9.17, 15) is 0 Å². The number of hydrogen-bond acceptors (Lipinski definition) is 3. The Hall–Kier alpha value is -2.04. The average molecular weight is 346 g/mol. The second kappa shape index (κ2) is 9.30. The van der Waals surface area contributed by atoms with Gasteiger partial charge in [0.25, 0.3) is 0 Å². The summed E-state index contributed by atoms with van der Waals surface area (Å²) in [5, 5.41) is 4.48. The first-order chi connectivity index (χ1) is 11.3. The summed E-state index contributed by atoms with van der Waals surface area (Å²) >= 11 is 0. The summed E-state index contributed by atoms with van der Waals surface area (Å²) < 4.78 is 7.98. The lowest BCUT2D eigenvalue weighted by Crippen LogP contribution is -2.19. The molecule has 1 aromatic carbocycles. The summed E-state index contributed by atoms with van der Waals surface area (Å²) in [6.07, 6.45) is 5.97. The van der Waals surface area contributed by atoms with Crippen LogP contribution in [0.15, 0.2) is 60.8 Å². The predicted molar refractivity (Wildman–Crippen MR) is 99.9 cm³/mol. The number of nitrogens with zero attached hydrogens (tertiary/aromatic N) is 2. The van der Waals surface area contributed by atoms with Gasteiger partial charge in [-0.1, -0.05) is 36.4 Å². The van der Waals surface area contributed by atoms with Gasteiger partial charge in [0.1, 0.15) is 6.10 Å². The van der Waals surface area contributed by atoms with Crippen molar-refractivity contribution in [1.29, 1.82) is 0 Å². The molecule has 0 aliphatic carbocycles. The van der Waals surface area contributed by atoms with Gasteiger partial charge in [-0.05, 0) is 49.9 Å². The highest BCUT2D eigenvalue weighted by Gasteiger charge is 2.13. The second-order valence-electron chi connectivity index (χ2n) is 5.75. The van der Waals surface area contributed by atoms with Gasteiger partial charge in [0, 0.05) is 12.3 Å². The van der Waals surface area contributed by atoms with Crippen molar-refractivity contribution < 1.29 is 4.74 Å². The second-order valence-corrected chi connectivity index (χ2v) is 5.75. The van der Waals surface area contributed by atoms with Crippen LogP contribution in [0.3, 0.4) is 0 Å². The molecule has 0 amide bonds. The Balaban J connectivity index is 0.00000208. The molecule has 0 aliphatic rings. The van der Waals surface area contributed by atoms with Crippen molar-refractivity contribution in [2.45, 2.75) is 31.8 Å². The van der Waals surface area contributed by atoms with Gasteiger partial charge in [0.15, 0.2) is 0 Å². The zero-order valence-corrected chi connectivity index (χ0v) is 14.5. The van der Waals surface area contributed by atoms with Crippen LogP contribution in [0.2, 0.25) is 0 Å². The Labute approximate surface area is 149 Å². The van der Waals surface area contributed by atoms with E-state index in [0.29, 0.717) is 12.4 Å². The van der Waals surface area contributed by atoms with E-state index in [4.69, 9.17) is 10.5 Å². The van der Waals surface area contributed by atoms with Crippen molar-refractivity contribution in [1.82, 2.24) is 9.61 Å². The van der Waals surface area contributed by atoms with Gasteiger partial charge < -0.3 is 10.5 Å². The number of rotatable bonds is 8. The highest BCUT2D eigenvalue weighted by molar-refractivity contribution is 5.85. The van der Waals surface area contributed by atoms with Crippen LogP contribution in [0.1, 0.15) is 24.8 Å². The largest absolute Gasteiger partial charge is 0.473 e. The summed E-state index contributed by atoms with van der Waals surface area (Å²) in [5.74, 6) is 0.686. The van der Waals surface area contributed by atoms with E-state index in [0.717, 1.165) is 31.2 Å². The van der Waals surface area contributed by atoms with Gasteiger partial charge in [-0.15, -0.1) is 17.5 Å². The monoisotopic (exact) mass is 345 g/mol. The summed E-state index contributed by atoms with van der Waals surface area (Å²) in [5.41, 5.74) is 8.04. The average Bonchev–Trinajstić information content (AvgIpc) is 3.00. The van der Waals surface area contributed by atoms with E-state index in [-0.39, 0.29) is 18.5 Å². The number of nitrogens with two attached hydrogens (primary N) is 1. The number of ether oxygens (including phenoxy) is 1. The number of fused-ring (bicyclic) bond motifs is 1. The van der Waals surface area contributed by atoms with Crippen LogP contribution in [0, 0.1) is 0 Å². The minimum atomic E-state index is 0. The number of pyridine rings is 1. The smallest absolute Gasteiger partial charge is 0.234 e. The molecule has 2 N–H and O–H groups in total. The number of benzene rings is 1. The van der Waals surface area contributed by atoms with Crippen molar-refractivity contribution in [2.75, 3.05) is 6.54 Å². The van der Waals surface area contributed by atoms with Crippen molar-refractivity contribution in [3.05, 3.63) is 66.4 Å². The molecule has 0 bridgehead atoms. The van der Waals surface area contributed by atoms with Crippen LogP contribution in [-0.2, 0) is 6.42 Å². The minimum Gasteiger partial charge on any atom is -0.473 e. The molecule has 128 valence electrons. The van der Waals surface area contributed by atoms with E-state index in [2.05, 4.69) is 29.4 Å². The van der Waals surface area contributed by atoms with Crippen molar-refractivity contribution in [3.8, 4) is 5.88 Å². The SMILES string of the molecule is Cl.NCCCC(CCc1ccccc1)Oc1cc2ccccn2n1. The zero-order valence-electron chi connectivity index (χ0n) is 13.7. The quantitative estimate of drug-likeness (QED) is 0.674. The number of halogens is 1. The molecule has 0 saturated carbocycles. The van der Waals surface area contributed by atoms with Crippen molar-refractivity contribution in [3.63, 3.8) is 0 Å². The lowest BCUT2D eigenvalue weighted by molar-refractivity contribution is 0.171. The molecule has 5 heteroatoms. The van der Waals surface area contributed by atoms with Crippen LogP contribution in [-0.4, -0.2) is 22.3 Å². The maximum absolute atomic E-state index is 6.14. The Morgan fingerprint density at radius 3 is 2.58 bits per heavy atom. The number of aromatic nitrogens is 2. The summed E-state index contributed by atoms with van der Waals surface area (Å²) in [7, 11) is 0. The number of hydrogen-bond donors (Lipinski definition) is 1. The molecule has 24 heavy (non-hydrogen) atoms. The molecule has 0 radical (unpaired) electrons. The summed E-state index contributed by atoms with van der Waals surface area (Å²) in [6.45, 7) is 0.691. The summed E-state index contributed by atoms with van der Waals surface area (Å²) in [6, 6.07) is 18.5. The first kappa shape index (κ1) is 18.3. The Kier molecular flexibility index (Phi) is 7.09. The molecule has 3 aromatic rings. The molecule has 0 saturated heterocycles. The first-order valence-corrected chi connectivity index (χ1v) is 8.20. The Bertz CT molecular complexity index is 697. The van der Waals surface area contributed by atoms with Crippen LogP contribution in [0.5, 0.6) is 5.88 Å². The predicted octanol–water partition coefficient (Wildman–Crippen LogP) is 3.88. The van der Waals surface area contributed by atoms with Gasteiger partial charge in [0.05, 0.1) is 5.52 Å². The molecule has 2 heterocycles. The van der Waals surface area contributed by atoms with E-state index in [1.54, 1.807) is 0 Å². The minimum absolute atomic E-state index is 0. The highest BCUT2D eigenvalue weighted by atomic mass is 35.5. The van der Waals surface area contributed by atoms with Crippen LogP contribution >= 0.6 is 12.4 Å². The molecule has 0 aliphatic heterocycles. The van der Waals surface area contributed by atoms with Crippen molar-refractivity contribution in [2.24, 2.45) is 5.73 Å². The normalized spacial score (nSPS) is 11.9. The lowest BCUT2D eigenvalue weighted by Gasteiger charge is -2.17. The van der Waals surface area contributed by atoms with E-state index in [1.165, 1.54) is 5.56 Å². The lowest BCUT2D eigenvalue weighted by atomic mass is 10.0. The van der Waals surface area contributed by atoms with E-state index < -0.39 is 0 Å². The first-order valence-electron chi connectivity index (χ1n) is 8.20. The molecule has 2 aromatic heterocycles. The zero-order chi connectivity index (χ0) is 15.9. The molecular formula is C19H24ClN3O. The van der Waals surface area contributed by atoms with Gasteiger partial charge >= 0.3 is 0 Å². The third-order valence-corrected chi connectivity index (χ3v) is 3.96. The fraction of sp³-hybridized carbons (Fsp3) is 0.316. The standard InChI is InChI=1S/C19H23N3O.ClH/c20-13-6-10-18(12-11-16-7-2-1-3-8-16)23-19-15-17-9-4-5-14-22(17)21-19;/h1-5,7-9,14-15,18H,6,10-13,20H2;1H. The highest BCUT2D eigenvalue weighted by Crippen LogP contribution is 2.18. The van der Waals surface area contributed by atoms with Gasteiger partial charge in [-0.2, -0.15) is 0 Å². The molecule has 0 fully saturated rings. The van der Waals surface area contributed by atoms with Crippen molar-refractivity contribution >= 4 is 17.9 Å². The van der Waals surface area contributed by atoms with Crippen LogP contribution < -0.4 is 10.5 Å². The van der Waals surface area contributed by atoms with Crippen LogP contribution in [0.25, 0.3) is 5.52 Å². The molecular weight excluding hydrogens is 322 g/mol. The van der Waals surface area contributed by atoms with Crippen LogP contribution in [0.4, 0.5) is 0 Å². The Morgan fingerprint density at radius 2 is 1.83 bits per heavy atom. The fourth-order valence-corrected chi connectivity index (χ4v) is 2.72. The molecule has 3 rings (SSSR count). The molecule has 1 unspecified atom stereocenters. The fourth-order valence-electron chi connectivity index (χ4n) is 2.72. The third kappa shape index (κ3) is 4.98. The maximum atomic E-state index is 6.14. The van der Waals surface area contributed by atoms with Gasteiger partial charge in [-0.3, -0.25) is 0 Å². The Morgan fingerprint density at radius 1 is 1.04 bits per heavy atom. The van der Waals surface area contributed by atoms with Gasteiger partial charge in [-0.25, -0.2) is 4.52 Å². The molecule has 1 atom stereocenters. The van der Waals surface area contributed by atoms with E-state index >= 15 is 0 Å². The summed E-state index contributed by atoms with van der Waals surface area (Å²) in [4.78, 5) is 0. The topological polar surface area (TPSA) is 52.5 Å². The third-order valence-electron chi connectivity index (χ3n) is 3.96. The van der Waals surface area contributed by atoms with E-state index in [1.807, 2.05) is 41.0 Å². The number of aryl methyl sites for hydroxylation is 1. The molecule has 4 nitrogen and oxygen atoms in total. The molecule has 0 spiro atoms.